The molecule has 0 heterocycles. The molecule has 1 rings (SSSR count). The van der Waals surface area contributed by atoms with Crippen molar-refractivity contribution >= 4 is 39.9 Å². The fraction of sp³-hybridized carbons (Fsp3) is 0.222. The molecular weight excluding hydrogens is 204 g/mol. The van der Waals surface area contributed by atoms with Gasteiger partial charge >= 0.3 is 0 Å². The van der Waals surface area contributed by atoms with Crippen LogP contribution in [0.1, 0.15) is 0 Å². The second-order valence-electron chi connectivity index (χ2n) is 2.18. The summed E-state index contributed by atoms with van der Waals surface area (Å²) in [6, 6.07) is 10.3. The Labute approximate surface area is 87.1 Å². The average Bonchev–Trinajstić information content (AvgIpc) is 2.16. The summed E-state index contributed by atoms with van der Waals surface area (Å²) in [4.78, 5) is 1.29. The van der Waals surface area contributed by atoms with Gasteiger partial charge in [-0.3, -0.25) is 0 Å². The maximum Gasteiger partial charge on any atom is 0.0578 e. The first kappa shape index (κ1) is 10.1. The van der Waals surface area contributed by atoms with E-state index in [9.17, 15) is 0 Å². The molecule has 3 heteroatoms. The lowest BCUT2D eigenvalue weighted by atomic mass is 10.4. The average molecular weight is 214 g/mol. The van der Waals surface area contributed by atoms with Crippen molar-refractivity contribution in [3.63, 3.8) is 0 Å². The van der Waals surface area contributed by atoms with Crippen molar-refractivity contribution in [1.82, 2.24) is 0 Å². The van der Waals surface area contributed by atoms with E-state index in [1.807, 2.05) is 24.5 Å². The summed E-state index contributed by atoms with van der Waals surface area (Å²) in [5.41, 5.74) is 0. The Balaban J connectivity index is 2.38. The second kappa shape index (κ2) is 5.62. The van der Waals surface area contributed by atoms with Crippen molar-refractivity contribution in [1.29, 1.82) is 0 Å². The predicted molar refractivity (Wildman–Crippen MR) is 63.3 cm³/mol. The smallest absolute Gasteiger partial charge is 0.0578 e. The van der Waals surface area contributed by atoms with E-state index in [4.69, 9.17) is 12.2 Å². The Morgan fingerprint density at radius 1 is 1.33 bits per heavy atom. The molecule has 0 nitrogen and oxygen atoms in total. The van der Waals surface area contributed by atoms with Crippen molar-refractivity contribution in [2.24, 2.45) is 0 Å². The predicted octanol–water partition coefficient (Wildman–Crippen LogP) is 3.47. The first-order chi connectivity index (χ1) is 5.83. The standard InChI is InChI=1S/C9H10S3/c1-11-9(10)7-12-8-5-3-2-4-6-8/h2-6H,7H2,1H3. The Hall–Kier alpha value is 0.01000. The van der Waals surface area contributed by atoms with Crippen LogP contribution >= 0.6 is 35.7 Å². The van der Waals surface area contributed by atoms with Crippen molar-refractivity contribution in [3.8, 4) is 0 Å². The quantitative estimate of drug-likeness (QED) is 0.558. The lowest BCUT2D eigenvalue weighted by molar-refractivity contribution is 1.47. The van der Waals surface area contributed by atoms with Crippen molar-refractivity contribution < 1.29 is 0 Å². The highest BCUT2D eigenvalue weighted by molar-refractivity contribution is 8.24. The van der Waals surface area contributed by atoms with E-state index in [-0.39, 0.29) is 0 Å². The van der Waals surface area contributed by atoms with E-state index in [1.165, 1.54) is 4.90 Å². The van der Waals surface area contributed by atoms with E-state index >= 15 is 0 Å². The minimum Gasteiger partial charge on any atom is -0.122 e. The van der Waals surface area contributed by atoms with Gasteiger partial charge in [0.15, 0.2) is 0 Å². The molecule has 0 spiro atoms. The zero-order valence-corrected chi connectivity index (χ0v) is 9.27. The van der Waals surface area contributed by atoms with E-state index in [0.29, 0.717) is 0 Å². The van der Waals surface area contributed by atoms with Gasteiger partial charge in [0.25, 0.3) is 0 Å². The highest BCUT2D eigenvalue weighted by atomic mass is 32.2. The highest BCUT2D eigenvalue weighted by Crippen LogP contribution is 2.19. The molecule has 0 aromatic heterocycles. The molecule has 0 aliphatic heterocycles. The maximum absolute atomic E-state index is 5.10. The summed E-state index contributed by atoms with van der Waals surface area (Å²) in [6.45, 7) is 0. The largest absolute Gasteiger partial charge is 0.122 e. The highest BCUT2D eigenvalue weighted by Gasteiger charge is 1.95. The summed E-state index contributed by atoms with van der Waals surface area (Å²) in [7, 11) is 0. The Morgan fingerprint density at radius 2 is 2.00 bits per heavy atom. The molecule has 0 radical (unpaired) electrons. The van der Waals surface area contributed by atoms with Gasteiger partial charge in [-0.25, -0.2) is 0 Å². The number of thiocarbonyl (C=S) groups is 1. The van der Waals surface area contributed by atoms with Gasteiger partial charge in [-0.05, 0) is 18.4 Å². The number of hydrogen-bond donors (Lipinski definition) is 0. The van der Waals surface area contributed by atoms with Gasteiger partial charge in [0, 0.05) is 10.6 Å². The number of hydrogen-bond acceptors (Lipinski definition) is 3. The molecule has 1 aromatic carbocycles. The minimum atomic E-state index is 0.931. The van der Waals surface area contributed by atoms with Gasteiger partial charge in [-0.15, -0.1) is 23.5 Å². The zero-order chi connectivity index (χ0) is 8.81. The third-order valence-electron chi connectivity index (χ3n) is 1.33. The molecule has 0 N–H and O–H groups in total. The molecule has 12 heavy (non-hydrogen) atoms. The molecule has 0 fully saturated rings. The molecule has 0 aliphatic carbocycles. The summed E-state index contributed by atoms with van der Waals surface area (Å²) in [6.07, 6.45) is 2.02. The Bertz CT molecular complexity index is 243. The molecule has 0 saturated carbocycles. The number of thioether (sulfide) groups is 2. The minimum absolute atomic E-state index is 0.931. The number of rotatable bonds is 3. The van der Waals surface area contributed by atoms with Crippen LogP contribution in [-0.4, -0.2) is 16.2 Å². The van der Waals surface area contributed by atoms with Crippen LogP contribution in [-0.2, 0) is 0 Å². The summed E-state index contributed by atoms with van der Waals surface area (Å²) in [5.74, 6) is 0.931. The van der Waals surface area contributed by atoms with Crippen LogP contribution in [0.4, 0.5) is 0 Å². The molecule has 64 valence electrons. The van der Waals surface area contributed by atoms with Crippen LogP contribution in [0.15, 0.2) is 35.2 Å². The van der Waals surface area contributed by atoms with E-state index < -0.39 is 0 Å². The zero-order valence-electron chi connectivity index (χ0n) is 6.82. The van der Waals surface area contributed by atoms with Gasteiger partial charge in [-0.2, -0.15) is 0 Å². The van der Waals surface area contributed by atoms with E-state index in [2.05, 4.69) is 12.1 Å². The van der Waals surface area contributed by atoms with Crippen LogP contribution in [0.3, 0.4) is 0 Å². The molecular formula is C9H10S3. The molecule has 0 saturated heterocycles. The topological polar surface area (TPSA) is 0 Å². The van der Waals surface area contributed by atoms with Crippen LogP contribution in [0, 0.1) is 0 Å². The SMILES string of the molecule is CSC(=S)CSc1ccccc1. The fourth-order valence-electron chi connectivity index (χ4n) is 0.718. The van der Waals surface area contributed by atoms with Gasteiger partial charge in [-0.1, -0.05) is 30.4 Å². The van der Waals surface area contributed by atoms with E-state index in [1.54, 1.807) is 23.5 Å². The normalized spacial score (nSPS) is 9.75. The molecule has 0 aliphatic rings. The van der Waals surface area contributed by atoms with E-state index in [0.717, 1.165) is 9.95 Å². The monoisotopic (exact) mass is 214 g/mol. The first-order valence-corrected chi connectivity index (χ1v) is 6.19. The van der Waals surface area contributed by atoms with Gasteiger partial charge in [0.2, 0.25) is 0 Å². The lowest BCUT2D eigenvalue weighted by Crippen LogP contribution is -1.89. The van der Waals surface area contributed by atoms with Gasteiger partial charge in [0.05, 0.1) is 4.20 Å². The third kappa shape index (κ3) is 3.61. The van der Waals surface area contributed by atoms with Gasteiger partial charge in [0.1, 0.15) is 0 Å². The van der Waals surface area contributed by atoms with Crippen LogP contribution < -0.4 is 0 Å². The first-order valence-electron chi connectivity index (χ1n) is 3.57. The van der Waals surface area contributed by atoms with Crippen molar-refractivity contribution in [2.75, 3.05) is 12.0 Å². The molecule has 0 atom stereocenters. The number of benzene rings is 1. The summed E-state index contributed by atoms with van der Waals surface area (Å²) >= 11 is 8.54. The Morgan fingerprint density at radius 3 is 2.58 bits per heavy atom. The van der Waals surface area contributed by atoms with Crippen LogP contribution in [0.25, 0.3) is 0 Å². The fourth-order valence-corrected chi connectivity index (χ4v) is 2.18. The van der Waals surface area contributed by atoms with Crippen LogP contribution in [0.2, 0.25) is 0 Å². The van der Waals surface area contributed by atoms with Crippen LogP contribution in [0.5, 0.6) is 0 Å². The Kier molecular flexibility index (Phi) is 4.73. The molecule has 1 aromatic rings. The molecule has 0 unspecified atom stereocenters. The molecule has 0 amide bonds. The third-order valence-corrected chi connectivity index (χ3v) is 3.98. The summed E-state index contributed by atoms with van der Waals surface area (Å²) < 4.78 is 1.06. The lowest BCUT2D eigenvalue weighted by Gasteiger charge is -1.99. The summed E-state index contributed by atoms with van der Waals surface area (Å²) in [5, 5.41) is 0. The van der Waals surface area contributed by atoms with Crippen molar-refractivity contribution in [3.05, 3.63) is 30.3 Å². The maximum atomic E-state index is 5.10. The van der Waals surface area contributed by atoms with Crippen molar-refractivity contribution in [2.45, 2.75) is 4.90 Å². The van der Waals surface area contributed by atoms with Gasteiger partial charge < -0.3 is 0 Å². The molecule has 0 bridgehead atoms. The second-order valence-corrected chi connectivity index (χ2v) is 4.88.